The molecule has 0 fully saturated rings. The molecule has 0 saturated heterocycles. The first-order valence-corrected chi connectivity index (χ1v) is 11.7. The molecule has 168 valence electrons. The lowest BCUT2D eigenvalue weighted by molar-refractivity contribution is 0.190. The molecule has 0 unspecified atom stereocenters. The van der Waals surface area contributed by atoms with Crippen molar-refractivity contribution in [2.24, 2.45) is 0 Å². The summed E-state index contributed by atoms with van der Waals surface area (Å²) >= 11 is 7.44. The Hall–Kier alpha value is -3.14. The Kier molecular flexibility index (Phi) is 6.17. The summed E-state index contributed by atoms with van der Waals surface area (Å²) in [7, 11) is 1.65. The van der Waals surface area contributed by atoms with Gasteiger partial charge in [0.2, 0.25) is 11.7 Å². The molecule has 0 N–H and O–H groups in total. The van der Waals surface area contributed by atoms with Crippen molar-refractivity contribution in [3.8, 4) is 11.5 Å². The number of hydrogen-bond acceptors (Lipinski definition) is 7. The van der Waals surface area contributed by atoms with E-state index in [1.54, 1.807) is 30.1 Å². The van der Waals surface area contributed by atoms with E-state index in [0.717, 1.165) is 16.8 Å². The van der Waals surface area contributed by atoms with Crippen LogP contribution in [0.15, 0.2) is 69.2 Å². The highest BCUT2D eigenvalue weighted by molar-refractivity contribution is 7.98. The van der Waals surface area contributed by atoms with Crippen molar-refractivity contribution in [1.29, 1.82) is 0 Å². The van der Waals surface area contributed by atoms with Gasteiger partial charge in [-0.1, -0.05) is 35.5 Å². The lowest BCUT2D eigenvalue weighted by Gasteiger charge is -2.10. The molecule has 0 radical (unpaired) electrons. The van der Waals surface area contributed by atoms with Crippen LogP contribution in [-0.4, -0.2) is 37.9 Å². The lowest BCUT2D eigenvalue weighted by atomic mass is 10.2. The molecule has 3 heterocycles. The fourth-order valence-corrected chi connectivity index (χ4v) is 4.58. The minimum Gasteiger partial charge on any atom is -0.444 e. The van der Waals surface area contributed by atoms with Gasteiger partial charge < -0.3 is 9.15 Å². The summed E-state index contributed by atoms with van der Waals surface area (Å²) in [5.41, 5.74) is 2.33. The zero-order valence-electron chi connectivity index (χ0n) is 17.8. The van der Waals surface area contributed by atoms with E-state index in [0.29, 0.717) is 52.6 Å². The van der Waals surface area contributed by atoms with Crippen molar-refractivity contribution in [3.05, 3.63) is 75.9 Å². The molecule has 0 bridgehead atoms. The zero-order chi connectivity index (χ0) is 22.8. The van der Waals surface area contributed by atoms with Crippen molar-refractivity contribution in [3.63, 3.8) is 0 Å². The number of nitrogens with zero attached hydrogens (tertiary/aromatic N) is 5. The highest BCUT2D eigenvalue weighted by Crippen LogP contribution is 2.27. The third-order valence-corrected chi connectivity index (χ3v) is 6.41. The number of rotatable bonds is 8. The average molecular weight is 482 g/mol. The summed E-state index contributed by atoms with van der Waals surface area (Å²) in [6, 6.07) is 14.8. The molecule has 0 amide bonds. The van der Waals surface area contributed by atoms with Crippen LogP contribution in [0, 0.1) is 0 Å². The van der Waals surface area contributed by atoms with Crippen LogP contribution in [0.4, 0.5) is 0 Å². The summed E-state index contributed by atoms with van der Waals surface area (Å²) in [6.07, 6.45) is 2.34. The van der Waals surface area contributed by atoms with Crippen LogP contribution in [0.2, 0.25) is 5.02 Å². The van der Waals surface area contributed by atoms with Crippen molar-refractivity contribution in [1.82, 2.24) is 24.1 Å². The van der Waals surface area contributed by atoms with E-state index in [1.807, 2.05) is 40.8 Å². The van der Waals surface area contributed by atoms with E-state index < -0.39 is 0 Å². The molecule has 0 aliphatic carbocycles. The molecule has 0 aliphatic rings. The van der Waals surface area contributed by atoms with Crippen LogP contribution in [0.3, 0.4) is 0 Å². The number of aromatic nitrogens is 5. The van der Waals surface area contributed by atoms with Gasteiger partial charge in [-0.3, -0.25) is 13.8 Å². The molecule has 2 aromatic carbocycles. The number of aryl methyl sites for hydroxylation is 1. The minimum atomic E-state index is -0.0812. The average Bonchev–Trinajstić information content (AvgIpc) is 3.48. The van der Waals surface area contributed by atoms with Gasteiger partial charge in [0.05, 0.1) is 16.6 Å². The van der Waals surface area contributed by atoms with E-state index in [1.165, 1.54) is 11.8 Å². The highest BCUT2D eigenvalue weighted by atomic mass is 35.5. The smallest absolute Gasteiger partial charge is 0.262 e. The largest absolute Gasteiger partial charge is 0.444 e. The standard InChI is InChI=1S/C23H20ClN5O3S/c1-31-12-4-11-28-21(30)18-5-2-3-6-19(18)29-22(28)26-27-23(29)33-14-17-13-32-20(25-17)15-7-9-16(24)10-8-15/h2-3,5-10,13H,4,11-12,14H2,1H3. The maximum atomic E-state index is 13.1. The molecular formula is C23H20ClN5O3S. The van der Waals surface area contributed by atoms with Gasteiger partial charge in [0, 0.05) is 36.6 Å². The molecule has 10 heteroatoms. The molecule has 0 atom stereocenters. The maximum absolute atomic E-state index is 13.1. The van der Waals surface area contributed by atoms with E-state index in [4.69, 9.17) is 20.8 Å². The lowest BCUT2D eigenvalue weighted by Crippen LogP contribution is -2.24. The van der Waals surface area contributed by atoms with Crippen LogP contribution in [0.1, 0.15) is 12.1 Å². The summed E-state index contributed by atoms with van der Waals surface area (Å²) in [6.45, 7) is 1.06. The summed E-state index contributed by atoms with van der Waals surface area (Å²) in [5, 5.41) is 10.7. The topological polar surface area (TPSA) is 87.5 Å². The number of benzene rings is 2. The Morgan fingerprint density at radius 2 is 1.94 bits per heavy atom. The van der Waals surface area contributed by atoms with E-state index in [9.17, 15) is 4.79 Å². The third-order valence-electron chi connectivity index (χ3n) is 5.20. The van der Waals surface area contributed by atoms with Crippen molar-refractivity contribution < 1.29 is 9.15 Å². The second-order valence-electron chi connectivity index (χ2n) is 7.38. The van der Waals surface area contributed by atoms with Gasteiger partial charge in [0.25, 0.3) is 5.56 Å². The SMILES string of the molecule is COCCCn1c(=O)c2ccccc2n2c(SCc3coc(-c4ccc(Cl)cc4)n3)nnc12. The molecule has 33 heavy (non-hydrogen) atoms. The number of fused-ring (bicyclic) bond motifs is 3. The van der Waals surface area contributed by atoms with Gasteiger partial charge in [0.15, 0.2) is 5.16 Å². The van der Waals surface area contributed by atoms with Crippen LogP contribution in [0.5, 0.6) is 0 Å². The Labute approximate surface area is 198 Å². The highest BCUT2D eigenvalue weighted by Gasteiger charge is 2.17. The predicted molar refractivity (Wildman–Crippen MR) is 128 cm³/mol. The van der Waals surface area contributed by atoms with Gasteiger partial charge in [-0.2, -0.15) is 0 Å². The number of methoxy groups -OCH3 is 1. The molecule has 0 saturated carbocycles. The third kappa shape index (κ3) is 4.27. The molecule has 3 aromatic heterocycles. The first-order valence-electron chi connectivity index (χ1n) is 10.3. The van der Waals surface area contributed by atoms with E-state index >= 15 is 0 Å². The zero-order valence-corrected chi connectivity index (χ0v) is 19.3. The van der Waals surface area contributed by atoms with Gasteiger partial charge in [-0.15, -0.1) is 10.2 Å². The van der Waals surface area contributed by atoms with Crippen LogP contribution >= 0.6 is 23.4 Å². The monoisotopic (exact) mass is 481 g/mol. The Morgan fingerprint density at radius 3 is 2.76 bits per heavy atom. The second-order valence-corrected chi connectivity index (χ2v) is 8.76. The fraction of sp³-hybridized carbons (Fsp3) is 0.217. The summed E-state index contributed by atoms with van der Waals surface area (Å²) in [4.78, 5) is 17.7. The van der Waals surface area contributed by atoms with Gasteiger partial charge in [0.1, 0.15) is 6.26 Å². The molecule has 5 aromatic rings. The Balaban J connectivity index is 1.47. The molecular weight excluding hydrogens is 462 g/mol. The normalized spacial score (nSPS) is 11.6. The van der Waals surface area contributed by atoms with Gasteiger partial charge >= 0.3 is 0 Å². The number of oxazole rings is 1. The molecule has 0 aliphatic heterocycles. The Bertz CT molecular complexity index is 1480. The van der Waals surface area contributed by atoms with Gasteiger partial charge in [-0.05, 0) is 42.8 Å². The first kappa shape index (κ1) is 21.7. The van der Waals surface area contributed by atoms with Crippen molar-refractivity contribution in [2.75, 3.05) is 13.7 Å². The minimum absolute atomic E-state index is 0.0812. The molecule has 0 spiro atoms. The number of ether oxygens (including phenoxy) is 1. The van der Waals surface area contributed by atoms with Crippen LogP contribution < -0.4 is 5.56 Å². The molecule has 5 rings (SSSR count). The maximum Gasteiger partial charge on any atom is 0.262 e. The van der Waals surface area contributed by atoms with Crippen LogP contribution in [-0.2, 0) is 17.0 Å². The van der Waals surface area contributed by atoms with Crippen LogP contribution in [0.25, 0.3) is 28.1 Å². The van der Waals surface area contributed by atoms with Gasteiger partial charge in [-0.25, -0.2) is 4.98 Å². The van der Waals surface area contributed by atoms with E-state index in [-0.39, 0.29) is 5.56 Å². The first-order chi connectivity index (χ1) is 16.2. The van der Waals surface area contributed by atoms with Crippen molar-refractivity contribution in [2.45, 2.75) is 23.9 Å². The summed E-state index contributed by atoms with van der Waals surface area (Å²) < 4.78 is 14.4. The number of para-hydroxylation sites is 1. The van der Waals surface area contributed by atoms with Crippen molar-refractivity contribution >= 4 is 40.0 Å². The predicted octanol–water partition coefficient (Wildman–Crippen LogP) is 4.68. The Morgan fingerprint density at radius 1 is 1.12 bits per heavy atom. The fourth-order valence-electron chi connectivity index (χ4n) is 3.63. The molecule has 8 nitrogen and oxygen atoms in total. The number of thioether (sulfide) groups is 1. The number of halogens is 1. The van der Waals surface area contributed by atoms with E-state index in [2.05, 4.69) is 15.2 Å². The quantitative estimate of drug-likeness (QED) is 0.235. The summed E-state index contributed by atoms with van der Waals surface area (Å²) in [5.74, 6) is 1.58. The number of hydrogen-bond donors (Lipinski definition) is 0. The second kappa shape index (κ2) is 9.38.